The van der Waals surface area contributed by atoms with Gasteiger partial charge >= 0.3 is 6.09 Å². The third-order valence-electron chi connectivity index (χ3n) is 3.79. The molecule has 0 saturated heterocycles. The molecule has 0 aromatic heterocycles. The second kappa shape index (κ2) is 7.88. The van der Waals surface area contributed by atoms with Gasteiger partial charge in [0.25, 0.3) is 0 Å². The Morgan fingerprint density at radius 2 is 1.65 bits per heavy atom. The summed E-state index contributed by atoms with van der Waals surface area (Å²) in [6, 6.07) is 0.155. The number of carbonyl (C=O) groups excluding carboxylic acids is 1. The van der Waals surface area contributed by atoms with Gasteiger partial charge < -0.3 is 14.6 Å². The Hall–Kier alpha value is -0.750. The van der Waals surface area contributed by atoms with E-state index in [-0.39, 0.29) is 16.9 Å². The summed E-state index contributed by atoms with van der Waals surface area (Å²) in [4.78, 5) is 11.8. The summed E-state index contributed by atoms with van der Waals surface area (Å²) in [6.07, 6.45) is 3.37. The lowest BCUT2D eigenvalue weighted by Gasteiger charge is -2.30. The Balaban J connectivity index is 2.46. The maximum atomic E-state index is 12.1. The zero-order valence-corrected chi connectivity index (χ0v) is 16.4. The van der Waals surface area contributed by atoms with Gasteiger partial charge in [0.15, 0.2) is 0 Å². The van der Waals surface area contributed by atoms with Crippen molar-refractivity contribution in [2.24, 2.45) is 10.3 Å². The number of nitrogens with zero attached hydrogens (tertiary/aromatic N) is 1. The molecule has 1 N–H and O–H groups in total. The molecule has 1 atom stereocenters. The maximum Gasteiger partial charge on any atom is 0.407 e. The molecule has 0 unspecified atom stereocenters. The number of hydrogen-bond donors (Lipinski definition) is 1. The van der Waals surface area contributed by atoms with Crippen molar-refractivity contribution in [3.05, 3.63) is 0 Å². The fourth-order valence-corrected chi connectivity index (χ4v) is 3.16. The quantitative estimate of drug-likeness (QED) is 0.621. The third-order valence-corrected chi connectivity index (χ3v) is 5.29. The Morgan fingerprint density at radius 3 is 2.09 bits per heavy atom. The molecule has 1 fully saturated rings. The van der Waals surface area contributed by atoms with E-state index in [9.17, 15) is 9.35 Å². The number of amides is 1. The van der Waals surface area contributed by atoms with Gasteiger partial charge in [0.1, 0.15) is 21.7 Å². The van der Waals surface area contributed by atoms with Crippen LogP contribution in [0.5, 0.6) is 0 Å². The first-order chi connectivity index (χ1) is 10.4. The Morgan fingerprint density at radius 1 is 1.13 bits per heavy atom. The summed E-state index contributed by atoms with van der Waals surface area (Å²) in [5.41, 5.74) is 0.496. The number of carbonyl (C=O) groups is 1. The largest absolute Gasteiger partial charge is 0.591 e. The summed E-state index contributed by atoms with van der Waals surface area (Å²) in [5, 5.41) is 2.94. The first-order valence-corrected chi connectivity index (χ1v) is 9.46. The number of nitrogens with one attached hydrogen (secondary N) is 1. The van der Waals surface area contributed by atoms with Crippen LogP contribution in [-0.4, -0.2) is 32.7 Å². The molecule has 0 spiro atoms. The molecule has 6 heteroatoms. The van der Waals surface area contributed by atoms with Crippen LogP contribution in [0.15, 0.2) is 4.40 Å². The average molecular weight is 345 g/mol. The molecule has 0 aromatic carbocycles. The van der Waals surface area contributed by atoms with Gasteiger partial charge in [-0.2, -0.15) is 0 Å². The van der Waals surface area contributed by atoms with Crippen LogP contribution in [0, 0.1) is 5.92 Å². The number of hydrogen-bond acceptors (Lipinski definition) is 4. The van der Waals surface area contributed by atoms with Crippen molar-refractivity contribution >= 4 is 23.2 Å². The minimum Gasteiger partial charge on any atom is -0.591 e. The van der Waals surface area contributed by atoms with Crippen molar-refractivity contribution in [1.29, 1.82) is 0 Å². The van der Waals surface area contributed by atoms with E-state index in [1.54, 1.807) is 0 Å². The average Bonchev–Trinajstić information content (AvgIpc) is 2.35. The Kier molecular flexibility index (Phi) is 6.95. The predicted octanol–water partition coefficient (Wildman–Crippen LogP) is 3.99. The molecule has 0 heterocycles. The Bertz CT molecular complexity index is 430. The van der Waals surface area contributed by atoms with E-state index in [2.05, 4.69) is 9.71 Å². The highest BCUT2D eigenvalue weighted by Gasteiger charge is 2.30. The van der Waals surface area contributed by atoms with Gasteiger partial charge in [-0.15, -0.1) is 0 Å². The maximum absolute atomic E-state index is 12.1. The summed E-state index contributed by atoms with van der Waals surface area (Å²) < 4.78 is 21.5. The van der Waals surface area contributed by atoms with Crippen LogP contribution >= 0.6 is 0 Å². The number of ether oxygens (including phenoxy) is 1. The molecular weight excluding hydrogens is 312 g/mol. The first-order valence-electron chi connectivity index (χ1n) is 8.35. The molecule has 1 aliphatic carbocycles. The van der Waals surface area contributed by atoms with E-state index >= 15 is 0 Å². The lowest BCUT2D eigenvalue weighted by atomic mass is 9.83. The van der Waals surface area contributed by atoms with Gasteiger partial charge in [-0.25, -0.2) is 4.79 Å². The van der Waals surface area contributed by atoms with Crippen LogP contribution in [0.25, 0.3) is 0 Å². The monoisotopic (exact) mass is 344 g/mol. The van der Waals surface area contributed by atoms with Crippen molar-refractivity contribution in [1.82, 2.24) is 5.32 Å². The number of rotatable bonds is 3. The molecule has 0 aliphatic heterocycles. The van der Waals surface area contributed by atoms with Gasteiger partial charge in [-0.05, 0) is 74.1 Å². The van der Waals surface area contributed by atoms with Crippen LogP contribution in [0.4, 0.5) is 4.79 Å². The van der Waals surface area contributed by atoms with Crippen molar-refractivity contribution in [2.75, 3.05) is 0 Å². The smallest absolute Gasteiger partial charge is 0.407 e. The summed E-state index contributed by atoms with van der Waals surface area (Å²) >= 11 is -1.20. The van der Waals surface area contributed by atoms with Gasteiger partial charge in [-0.1, -0.05) is 4.40 Å². The Labute approximate surface area is 144 Å². The second-order valence-electron chi connectivity index (χ2n) is 8.29. The van der Waals surface area contributed by atoms with E-state index in [0.717, 1.165) is 31.4 Å². The molecule has 23 heavy (non-hydrogen) atoms. The standard InChI is InChI=1S/C17H32N2O3S/c1-12(19-23(21)17(5,6)7)13-8-10-14(11-9-13)18-15(20)22-16(2,3)4/h13-14H,8-11H2,1-7H3,(H,18,20)/b19-12+/t13?,14?,23-/m0/s1. The topological polar surface area (TPSA) is 73.8 Å². The zero-order chi connectivity index (χ0) is 17.8. The molecule has 0 bridgehead atoms. The van der Waals surface area contributed by atoms with E-state index in [0.29, 0.717) is 5.92 Å². The second-order valence-corrected chi connectivity index (χ2v) is 10.2. The molecular formula is C17H32N2O3S. The van der Waals surface area contributed by atoms with Crippen LogP contribution in [0.1, 0.15) is 74.1 Å². The van der Waals surface area contributed by atoms with E-state index in [1.165, 1.54) is 0 Å². The highest BCUT2D eigenvalue weighted by atomic mass is 32.2. The summed E-state index contributed by atoms with van der Waals surface area (Å²) in [7, 11) is 0. The molecule has 1 rings (SSSR count). The minimum atomic E-state index is -1.20. The lowest BCUT2D eigenvalue weighted by Crippen LogP contribution is -2.41. The van der Waals surface area contributed by atoms with E-state index in [4.69, 9.17) is 4.74 Å². The fourth-order valence-electron chi connectivity index (χ4n) is 2.47. The zero-order valence-electron chi connectivity index (χ0n) is 15.6. The predicted molar refractivity (Wildman–Crippen MR) is 96.1 cm³/mol. The highest BCUT2D eigenvalue weighted by Crippen LogP contribution is 2.27. The highest BCUT2D eigenvalue weighted by molar-refractivity contribution is 7.91. The SMILES string of the molecule is C/C(=N\[S@@+]([O-])C(C)(C)C)C1CCC(NC(=O)OC(C)(C)C)CC1. The van der Waals surface area contributed by atoms with Crippen LogP contribution < -0.4 is 5.32 Å². The van der Waals surface area contributed by atoms with Crippen LogP contribution in [0.3, 0.4) is 0 Å². The molecule has 1 saturated carbocycles. The number of alkyl carbamates (subject to hydrolysis) is 1. The van der Waals surface area contributed by atoms with Crippen LogP contribution in [-0.2, 0) is 16.1 Å². The van der Waals surface area contributed by atoms with Gasteiger partial charge in [0, 0.05) is 12.0 Å². The summed E-state index contributed by atoms with van der Waals surface area (Å²) in [6.45, 7) is 13.3. The summed E-state index contributed by atoms with van der Waals surface area (Å²) in [5.74, 6) is 0.359. The van der Waals surface area contributed by atoms with Crippen molar-refractivity contribution in [3.8, 4) is 0 Å². The van der Waals surface area contributed by atoms with E-state index < -0.39 is 17.0 Å². The molecule has 0 aromatic rings. The molecule has 1 amide bonds. The van der Waals surface area contributed by atoms with Crippen molar-refractivity contribution in [2.45, 2.75) is 90.5 Å². The molecule has 1 aliphatic rings. The normalized spacial score (nSPS) is 25.0. The van der Waals surface area contributed by atoms with Crippen molar-refractivity contribution in [3.63, 3.8) is 0 Å². The molecule has 134 valence electrons. The minimum absolute atomic E-state index is 0.155. The first kappa shape index (κ1) is 20.3. The fraction of sp³-hybridized carbons (Fsp3) is 0.882. The van der Waals surface area contributed by atoms with Gasteiger partial charge in [0.2, 0.25) is 0 Å². The van der Waals surface area contributed by atoms with E-state index in [1.807, 2.05) is 48.5 Å². The molecule has 5 nitrogen and oxygen atoms in total. The third kappa shape index (κ3) is 7.57. The van der Waals surface area contributed by atoms with Crippen LogP contribution in [0.2, 0.25) is 0 Å². The lowest BCUT2D eigenvalue weighted by molar-refractivity contribution is 0.0491. The van der Waals surface area contributed by atoms with Crippen molar-refractivity contribution < 1.29 is 14.1 Å². The van der Waals surface area contributed by atoms with Gasteiger partial charge in [-0.3, -0.25) is 0 Å². The van der Waals surface area contributed by atoms with Gasteiger partial charge in [0.05, 0.1) is 5.71 Å². The molecule has 0 radical (unpaired) electrons.